The van der Waals surface area contributed by atoms with E-state index in [1.54, 1.807) is 12.1 Å². The molecule has 0 radical (unpaired) electrons. The fraction of sp³-hybridized carbons (Fsp3) is 0.500. The van der Waals surface area contributed by atoms with Gasteiger partial charge in [-0.3, -0.25) is 0 Å². The highest BCUT2D eigenvalue weighted by molar-refractivity contribution is 7.89. The highest BCUT2D eigenvalue weighted by atomic mass is 32.2. The third-order valence-electron chi connectivity index (χ3n) is 3.26. The van der Waals surface area contributed by atoms with E-state index in [0.717, 1.165) is 31.5 Å². The van der Waals surface area contributed by atoms with Crippen molar-refractivity contribution in [1.29, 1.82) is 0 Å². The Kier molecular flexibility index (Phi) is 3.81. The zero-order chi connectivity index (χ0) is 12.3. The second-order valence-corrected chi connectivity index (χ2v) is 6.12. The molecule has 2 N–H and O–H groups in total. The molecule has 1 aromatic carbocycles. The van der Waals surface area contributed by atoms with Crippen molar-refractivity contribution in [2.24, 2.45) is 0 Å². The molecule has 1 aliphatic rings. The van der Waals surface area contributed by atoms with Crippen LogP contribution in [0, 0.1) is 0 Å². The summed E-state index contributed by atoms with van der Waals surface area (Å²) in [5.74, 6) is 0.343. The van der Waals surface area contributed by atoms with Crippen LogP contribution in [0.15, 0.2) is 29.2 Å². The molecule has 0 atom stereocenters. The van der Waals surface area contributed by atoms with E-state index in [9.17, 15) is 8.42 Å². The summed E-state index contributed by atoms with van der Waals surface area (Å²) in [5, 5.41) is 3.29. The quantitative estimate of drug-likeness (QED) is 0.848. The number of nitrogens with one attached hydrogen (secondary N) is 2. The minimum Gasteiger partial charge on any atom is -0.317 e. The largest absolute Gasteiger partial charge is 0.317 e. The Balaban J connectivity index is 2.40. The monoisotopic (exact) mass is 254 g/mol. The van der Waals surface area contributed by atoms with Gasteiger partial charge in [-0.25, -0.2) is 13.1 Å². The van der Waals surface area contributed by atoms with Gasteiger partial charge < -0.3 is 5.32 Å². The Labute approximate surface area is 102 Å². The number of rotatable bonds is 3. The lowest BCUT2D eigenvalue weighted by Gasteiger charge is -2.24. The SMILES string of the molecule is CNS(=O)(=O)c1ccccc1C1CCNCC1. The van der Waals surface area contributed by atoms with Gasteiger partial charge in [0.15, 0.2) is 0 Å². The summed E-state index contributed by atoms with van der Waals surface area (Å²) < 4.78 is 26.3. The lowest BCUT2D eigenvalue weighted by Crippen LogP contribution is -2.28. The summed E-state index contributed by atoms with van der Waals surface area (Å²) in [7, 11) is -1.90. The van der Waals surface area contributed by atoms with Crippen LogP contribution in [0.2, 0.25) is 0 Å². The molecule has 0 amide bonds. The minimum absolute atomic E-state index is 0.343. The molecule has 1 aromatic rings. The average molecular weight is 254 g/mol. The van der Waals surface area contributed by atoms with E-state index in [4.69, 9.17) is 0 Å². The summed E-state index contributed by atoms with van der Waals surface area (Å²) in [6, 6.07) is 7.30. The van der Waals surface area contributed by atoms with Gasteiger partial charge in [0.05, 0.1) is 4.90 Å². The molecule has 0 aromatic heterocycles. The summed E-state index contributed by atoms with van der Waals surface area (Å²) in [5.41, 5.74) is 0.948. The number of piperidine rings is 1. The topological polar surface area (TPSA) is 58.2 Å². The molecule has 0 bridgehead atoms. The van der Waals surface area contributed by atoms with Gasteiger partial charge >= 0.3 is 0 Å². The van der Waals surface area contributed by atoms with Crippen LogP contribution in [0.5, 0.6) is 0 Å². The molecule has 1 saturated heterocycles. The maximum absolute atomic E-state index is 11.9. The van der Waals surface area contributed by atoms with Crippen molar-refractivity contribution in [1.82, 2.24) is 10.0 Å². The predicted molar refractivity (Wildman–Crippen MR) is 67.5 cm³/mol. The van der Waals surface area contributed by atoms with Crippen molar-refractivity contribution >= 4 is 10.0 Å². The van der Waals surface area contributed by atoms with E-state index >= 15 is 0 Å². The second-order valence-electron chi connectivity index (χ2n) is 4.27. The van der Waals surface area contributed by atoms with Gasteiger partial charge in [-0.2, -0.15) is 0 Å². The standard InChI is InChI=1S/C12H18N2O2S/c1-13-17(15,16)12-5-3-2-4-11(12)10-6-8-14-9-7-10/h2-5,10,13-14H,6-9H2,1H3. The van der Waals surface area contributed by atoms with Crippen LogP contribution in [0.1, 0.15) is 24.3 Å². The van der Waals surface area contributed by atoms with E-state index in [1.807, 2.05) is 12.1 Å². The first-order valence-electron chi connectivity index (χ1n) is 5.88. The Hall–Kier alpha value is -0.910. The molecule has 17 heavy (non-hydrogen) atoms. The van der Waals surface area contributed by atoms with Gasteiger partial charge in [0.2, 0.25) is 10.0 Å². The molecule has 4 nitrogen and oxygen atoms in total. The second kappa shape index (κ2) is 5.16. The van der Waals surface area contributed by atoms with Crippen molar-refractivity contribution in [3.8, 4) is 0 Å². The van der Waals surface area contributed by atoms with Gasteiger partial charge in [-0.1, -0.05) is 18.2 Å². The third-order valence-corrected chi connectivity index (χ3v) is 4.74. The molecule has 0 aliphatic carbocycles. The lowest BCUT2D eigenvalue weighted by molar-refractivity contribution is 0.455. The van der Waals surface area contributed by atoms with Gasteiger partial charge in [0, 0.05) is 0 Å². The van der Waals surface area contributed by atoms with Crippen LogP contribution >= 0.6 is 0 Å². The van der Waals surface area contributed by atoms with Crippen LogP contribution in [-0.2, 0) is 10.0 Å². The molecule has 1 heterocycles. The third kappa shape index (κ3) is 2.68. The zero-order valence-corrected chi connectivity index (χ0v) is 10.8. The molecule has 0 spiro atoms. The van der Waals surface area contributed by atoms with Crippen LogP contribution in [0.4, 0.5) is 0 Å². The molecule has 0 unspecified atom stereocenters. The van der Waals surface area contributed by atoms with Crippen LogP contribution in [-0.4, -0.2) is 28.6 Å². The van der Waals surface area contributed by atoms with Crippen LogP contribution < -0.4 is 10.0 Å². The van der Waals surface area contributed by atoms with Gasteiger partial charge in [0.1, 0.15) is 0 Å². The molecule has 94 valence electrons. The molecule has 0 saturated carbocycles. The van der Waals surface area contributed by atoms with Crippen LogP contribution in [0.25, 0.3) is 0 Å². The zero-order valence-electron chi connectivity index (χ0n) is 9.94. The normalized spacial score (nSPS) is 18.2. The average Bonchev–Trinajstić information content (AvgIpc) is 2.40. The molecular formula is C12H18N2O2S. The highest BCUT2D eigenvalue weighted by Gasteiger charge is 2.23. The van der Waals surface area contributed by atoms with Gasteiger partial charge in [0.25, 0.3) is 0 Å². The van der Waals surface area contributed by atoms with E-state index in [0.29, 0.717) is 10.8 Å². The first-order chi connectivity index (χ1) is 8.15. The van der Waals surface area contributed by atoms with Crippen molar-refractivity contribution < 1.29 is 8.42 Å². The lowest BCUT2D eigenvalue weighted by atomic mass is 9.90. The fourth-order valence-electron chi connectivity index (χ4n) is 2.31. The Bertz CT molecular complexity index is 479. The Morgan fingerprint density at radius 2 is 1.88 bits per heavy atom. The van der Waals surface area contributed by atoms with E-state index in [1.165, 1.54) is 7.05 Å². The maximum Gasteiger partial charge on any atom is 0.240 e. The van der Waals surface area contributed by atoms with E-state index in [2.05, 4.69) is 10.0 Å². The van der Waals surface area contributed by atoms with Crippen LogP contribution in [0.3, 0.4) is 0 Å². The van der Waals surface area contributed by atoms with Crippen molar-refractivity contribution in [2.75, 3.05) is 20.1 Å². The predicted octanol–water partition coefficient (Wildman–Crippen LogP) is 1.06. The molecular weight excluding hydrogens is 236 g/mol. The number of hydrogen-bond donors (Lipinski definition) is 2. The van der Waals surface area contributed by atoms with Gasteiger partial charge in [-0.05, 0) is 50.5 Å². The smallest absolute Gasteiger partial charge is 0.240 e. The summed E-state index contributed by atoms with van der Waals surface area (Å²) >= 11 is 0. The Morgan fingerprint density at radius 3 is 2.53 bits per heavy atom. The Morgan fingerprint density at radius 1 is 1.24 bits per heavy atom. The summed E-state index contributed by atoms with van der Waals surface area (Å²) in [6.45, 7) is 1.91. The maximum atomic E-state index is 11.9. The van der Waals surface area contributed by atoms with E-state index in [-0.39, 0.29) is 0 Å². The van der Waals surface area contributed by atoms with Gasteiger partial charge in [-0.15, -0.1) is 0 Å². The molecule has 2 rings (SSSR count). The van der Waals surface area contributed by atoms with Crippen molar-refractivity contribution in [3.05, 3.63) is 29.8 Å². The summed E-state index contributed by atoms with van der Waals surface area (Å²) in [4.78, 5) is 0.425. The van der Waals surface area contributed by atoms with E-state index < -0.39 is 10.0 Å². The summed E-state index contributed by atoms with van der Waals surface area (Å²) in [6.07, 6.45) is 1.99. The number of hydrogen-bond acceptors (Lipinski definition) is 3. The number of benzene rings is 1. The van der Waals surface area contributed by atoms with Crippen molar-refractivity contribution in [3.63, 3.8) is 0 Å². The first kappa shape index (κ1) is 12.5. The molecule has 1 fully saturated rings. The molecule has 1 aliphatic heterocycles. The first-order valence-corrected chi connectivity index (χ1v) is 7.36. The van der Waals surface area contributed by atoms with Crippen molar-refractivity contribution in [2.45, 2.75) is 23.7 Å². The minimum atomic E-state index is -3.35. The number of sulfonamides is 1. The fourth-order valence-corrected chi connectivity index (χ4v) is 3.33. The molecule has 5 heteroatoms. The highest BCUT2D eigenvalue weighted by Crippen LogP contribution is 2.30.